The molecule has 0 fully saturated rings. The summed E-state index contributed by atoms with van der Waals surface area (Å²) in [6, 6.07) is 8.14. The monoisotopic (exact) mass is 299 g/mol. The highest BCUT2D eigenvalue weighted by Crippen LogP contribution is 2.12. The zero-order chi connectivity index (χ0) is 12.9. The average molecular weight is 300 g/mol. The number of ether oxygens (including phenoxy) is 1. The second-order valence-corrected chi connectivity index (χ2v) is 5.34. The van der Waals surface area contributed by atoms with Crippen LogP contribution in [0.5, 0.6) is 0 Å². The Bertz CT molecular complexity index is 391. The highest BCUT2D eigenvalue weighted by molar-refractivity contribution is 9.10. The normalized spacial score (nSPS) is 11.3. The summed E-state index contributed by atoms with van der Waals surface area (Å²) in [5, 5.41) is 3.19. The van der Waals surface area contributed by atoms with Crippen LogP contribution in [0.2, 0.25) is 0 Å². The lowest BCUT2D eigenvalue weighted by atomic mass is 10.1. The number of nitrogens with one attached hydrogen (secondary N) is 1. The molecule has 0 aliphatic carbocycles. The highest BCUT2D eigenvalue weighted by Gasteiger charge is 2.27. The van der Waals surface area contributed by atoms with Gasteiger partial charge in [-0.05, 0) is 38.0 Å². The second kappa shape index (κ2) is 6.17. The molecular weight excluding hydrogens is 282 g/mol. The van der Waals surface area contributed by atoms with Gasteiger partial charge in [0, 0.05) is 11.0 Å². The van der Waals surface area contributed by atoms with Crippen LogP contribution in [-0.4, -0.2) is 25.2 Å². The Kier molecular flexibility index (Phi) is 5.15. The molecule has 1 rings (SSSR count). The topological polar surface area (TPSA) is 38.3 Å². The van der Waals surface area contributed by atoms with Crippen molar-refractivity contribution < 1.29 is 9.53 Å². The van der Waals surface area contributed by atoms with Crippen molar-refractivity contribution in [3.63, 3.8) is 0 Å². The summed E-state index contributed by atoms with van der Waals surface area (Å²) >= 11 is 3.43. The standard InChI is InChI=1S/C13H18BrNO2/c1-13(2,12(16)17-3)15-8-7-10-5-4-6-11(14)9-10/h4-6,9,15H,7-8H2,1-3H3. The van der Waals surface area contributed by atoms with E-state index in [9.17, 15) is 4.79 Å². The summed E-state index contributed by atoms with van der Waals surface area (Å²) < 4.78 is 5.80. The number of benzene rings is 1. The van der Waals surface area contributed by atoms with Crippen molar-refractivity contribution in [2.45, 2.75) is 25.8 Å². The zero-order valence-electron chi connectivity index (χ0n) is 10.4. The summed E-state index contributed by atoms with van der Waals surface area (Å²) in [5.74, 6) is -0.244. The number of hydrogen-bond acceptors (Lipinski definition) is 3. The first-order valence-electron chi connectivity index (χ1n) is 5.53. The molecule has 17 heavy (non-hydrogen) atoms. The number of carbonyl (C=O) groups is 1. The maximum atomic E-state index is 11.4. The van der Waals surface area contributed by atoms with Crippen LogP contribution < -0.4 is 5.32 Å². The van der Waals surface area contributed by atoms with Gasteiger partial charge >= 0.3 is 5.97 Å². The third-order valence-electron chi connectivity index (χ3n) is 2.57. The Morgan fingerprint density at radius 2 is 2.18 bits per heavy atom. The molecule has 4 heteroatoms. The molecule has 0 saturated carbocycles. The summed E-state index contributed by atoms with van der Waals surface area (Å²) in [6.45, 7) is 4.37. The largest absolute Gasteiger partial charge is 0.468 e. The summed E-state index contributed by atoms with van der Waals surface area (Å²) in [6.07, 6.45) is 0.875. The number of halogens is 1. The molecule has 1 aromatic rings. The van der Waals surface area contributed by atoms with Gasteiger partial charge in [-0.1, -0.05) is 28.1 Å². The first-order chi connectivity index (χ1) is 7.95. The summed E-state index contributed by atoms with van der Waals surface area (Å²) in [4.78, 5) is 11.4. The summed E-state index contributed by atoms with van der Waals surface area (Å²) in [7, 11) is 1.40. The van der Waals surface area contributed by atoms with Gasteiger partial charge in [-0.15, -0.1) is 0 Å². The Morgan fingerprint density at radius 1 is 1.47 bits per heavy atom. The van der Waals surface area contributed by atoms with E-state index in [0.717, 1.165) is 17.4 Å². The molecule has 0 aromatic heterocycles. The van der Waals surface area contributed by atoms with Crippen molar-refractivity contribution in [3.8, 4) is 0 Å². The molecule has 0 saturated heterocycles. The van der Waals surface area contributed by atoms with Gasteiger partial charge in [-0.2, -0.15) is 0 Å². The minimum atomic E-state index is -0.638. The van der Waals surface area contributed by atoms with E-state index in [1.807, 2.05) is 26.0 Å². The van der Waals surface area contributed by atoms with Crippen LogP contribution in [0.25, 0.3) is 0 Å². The van der Waals surface area contributed by atoms with Crippen molar-refractivity contribution in [1.82, 2.24) is 5.32 Å². The van der Waals surface area contributed by atoms with Gasteiger partial charge in [-0.3, -0.25) is 4.79 Å². The van der Waals surface area contributed by atoms with Crippen LogP contribution in [-0.2, 0) is 16.0 Å². The fraction of sp³-hybridized carbons (Fsp3) is 0.462. The van der Waals surface area contributed by atoms with E-state index < -0.39 is 5.54 Å². The van der Waals surface area contributed by atoms with Crippen LogP contribution in [0, 0.1) is 0 Å². The third kappa shape index (κ3) is 4.48. The predicted molar refractivity (Wildman–Crippen MR) is 71.9 cm³/mol. The number of hydrogen-bond donors (Lipinski definition) is 1. The molecule has 0 amide bonds. The van der Waals surface area contributed by atoms with Gasteiger partial charge in [0.25, 0.3) is 0 Å². The lowest BCUT2D eigenvalue weighted by molar-refractivity contribution is -0.147. The molecule has 1 N–H and O–H groups in total. The number of carbonyl (C=O) groups excluding carboxylic acids is 1. The molecule has 0 aliphatic rings. The maximum absolute atomic E-state index is 11.4. The van der Waals surface area contributed by atoms with Crippen LogP contribution >= 0.6 is 15.9 Å². The molecule has 0 atom stereocenters. The van der Waals surface area contributed by atoms with Gasteiger partial charge in [0.2, 0.25) is 0 Å². The fourth-order valence-corrected chi connectivity index (χ4v) is 1.99. The molecule has 0 bridgehead atoms. The van der Waals surface area contributed by atoms with E-state index in [-0.39, 0.29) is 5.97 Å². The lowest BCUT2D eigenvalue weighted by Crippen LogP contribution is -2.48. The van der Waals surface area contributed by atoms with Crippen molar-refractivity contribution in [2.24, 2.45) is 0 Å². The van der Waals surface area contributed by atoms with Crippen molar-refractivity contribution in [1.29, 1.82) is 0 Å². The molecule has 1 aromatic carbocycles. The van der Waals surface area contributed by atoms with Crippen molar-refractivity contribution in [2.75, 3.05) is 13.7 Å². The first kappa shape index (κ1) is 14.2. The SMILES string of the molecule is COC(=O)C(C)(C)NCCc1cccc(Br)c1. The number of rotatable bonds is 5. The second-order valence-electron chi connectivity index (χ2n) is 4.42. The lowest BCUT2D eigenvalue weighted by Gasteiger charge is -2.23. The van der Waals surface area contributed by atoms with Gasteiger partial charge in [0.15, 0.2) is 0 Å². The maximum Gasteiger partial charge on any atom is 0.325 e. The van der Waals surface area contributed by atoms with E-state index in [1.165, 1.54) is 12.7 Å². The molecule has 0 aliphatic heterocycles. The summed E-state index contributed by atoms with van der Waals surface area (Å²) in [5.41, 5.74) is 0.591. The van der Waals surface area contributed by atoms with E-state index in [4.69, 9.17) is 4.74 Å². The Balaban J connectivity index is 2.45. The van der Waals surface area contributed by atoms with Gasteiger partial charge in [0.05, 0.1) is 7.11 Å². The van der Waals surface area contributed by atoms with Crippen LogP contribution in [0.4, 0.5) is 0 Å². The molecule has 0 unspecified atom stereocenters. The van der Waals surface area contributed by atoms with Crippen LogP contribution in [0.15, 0.2) is 28.7 Å². The molecule has 0 heterocycles. The molecule has 0 spiro atoms. The van der Waals surface area contributed by atoms with Crippen molar-refractivity contribution in [3.05, 3.63) is 34.3 Å². The third-order valence-corrected chi connectivity index (χ3v) is 3.06. The highest BCUT2D eigenvalue weighted by atomic mass is 79.9. The quantitative estimate of drug-likeness (QED) is 0.849. The van der Waals surface area contributed by atoms with Gasteiger partial charge < -0.3 is 10.1 Å². The van der Waals surface area contributed by atoms with Gasteiger partial charge in [0.1, 0.15) is 5.54 Å². The average Bonchev–Trinajstić information content (AvgIpc) is 2.27. The number of esters is 1. The predicted octanol–water partition coefficient (Wildman–Crippen LogP) is 2.53. The Morgan fingerprint density at radius 3 is 2.76 bits per heavy atom. The van der Waals surface area contributed by atoms with E-state index in [0.29, 0.717) is 0 Å². The molecular formula is C13H18BrNO2. The smallest absolute Gasteiger partial charge is 0.325 e. The minimum absolute atomic E-state index is 0.244. The fourth-order valence-electron chi connectivity index (χ4n) is 1.54. The van der Waals surface area contributed by atoms with E-state index >= 15 is 0 Å². The molecule has 94 valence electrons. The minimum Gasteiger partial charge on any atom is -0.468 e. The zero-order valence-corrected chi connectivity index (χ0v) is 12.0. The first-order valence-corrected chi connectivity index (χ1v) is 6.33. The number of methoxy groups -OCH3 is 1. The molecule has 3 nitrogen and oxygen atoms in total. The van der Waals surface area contributed by atoms with Crippen LogP contribution in [0.1, 0.15) is 19.4 Å². The Hall–Kier alpha value is -0.870. The van der Waals surface area contributed by atoms with E-state index in [1.54, 1.807) is 0 Å². The van der Waals surface area contributed by atoms with Crippen LogP contribution in [0.3, 0.4) is 0 Å². The van der Waals surface area contributed by atoms with E-state index in [2.05, 4.69) is 33.4 Å². The van der Waals surface area contributed by atoms with Gasteiger partial charge in [-0.25, -0.2) is 0 Å². The molecule has 0 radical (unpaired) electrons. The van der Waals surface area contributed by atoms with Crippen molar-refractivity contribution >= 4 is 21.9 Å². The Labute approximate surface area is 111 Å².